The molecular formula is C16H18O3. The number of rotatable bonds is 2. The average molecular weight is 258 g/mol. The van der Waals surface area contributed by atoms with Gasteiger partial charge in [0.25, 0.3) is 0 Å². The Morgan fingerprint density at radius 2 is 1.95 bits per heavy atom. The summed E-state index contributed by atoms with van der Waals surface area (Å²) in [5, 5.41) is 10.7. The fraction of sp³-hybridized carbons (Fsp3) is 0.438. The van der Waals surface area contributed by atoms with Gasteiger partial charge in [0.1, 0.15) is 11.3 Å². The van der Waals surface area contributed by atoms with Gasteiger partial charge in [0.05, 0.1) is 5.41 Å². The molecule has 19 heavy (non-hydrogen) atoms. The zero-order chi connectivity index (χ0) is 13.6. The smallest absolute Gasteiger partial charge is 0.314 e. The molecule has 0 unspecified atom stereocenters. The molecule has 0 amide bonds. The third kappa shape index (κ3) is 1.61. The van der Waals surface area contributed by atoms with E-state index in [0.29, 0.717) is 0 Å². The summed E-state index contributed by atoms with van der Waals surface area (Å²) in [4.78, 5) is 11.9. The largest absolute Gasteiger partial charge is 0.481 e. The maximum Gasteiger partial charge on any atom is 0.314 e. The molecule has 0 spiro atoms. The van der Waals surface area contributed by atoms with E-state index in [9.17, 15) is 9.90 Å². The third-order valence-electron chi connectivity index (χ3n) is 4.57. The number of hydrogen-bond acceptors (Lipinski definition) is 2. The van der Waals surface area contributed by atoms with Crippen molar-refractivity contribution in [3.63, 3.8) is 0 Å². The first-order valence-electron chi connectivity index (χ1n) is 6.79. The Kier molecular flexibility index (Phi) is 2.66. The highest BCUT2D eigenvalue weighted by Gasteiger charge is 2.44. The lowest BCUT2D eigenvalue weighted by Gasteiger charge is -2.25. The molecule has 0 atom stereocenters. The number of carbonyl (C=O) groups is 1. The molecule has 1 saturated carbocycles. The van der Waals surface area contributed by atoms with Crippen LogP contribution in [0, 0.1) is 13.8 Å². The van der Waals surface area contributed by atoms with E-state index in [1.807, 2.05) is 32.0 Å². The van der Waals surface area contributed by atoms with Crippen LogP contribution in [0.1, 0.15) is 42.6 Å². The first kappa shape index (κ1) is 12.3. The summed E-state index contributed by atoms with van der Waals surface area (Å²) in [7, 11) is 0. The topological polar surface area (TPSA) is 50.4 Å². The molecule has 0 saturated heterocycles. The number of hydrogen-bond donors (Lipinski definition) is 1. The van der Waals surface area contributed by atoms with Crippen molar-refractivity contribution in [3.8, 4) is 0 Å². The van der Waals surface area contributed by atoms with Crippen LogP contribution in [0.4, 0.5) is 0 Å². The molecule has 3 nitrogen and oxygen atoms in total. The predicted octanol–water partition coefficient (Wildman–Crippen LogP) is 3.95. The minimum Gasteiger partial charge on any atom is -0.481 e. The minimum atomic E-state index is -0.722. The van der Waals surface area contributed by atoms with Gasteiger partial charge in [-0.05, 0) is 43.9 Å². The molecule has 1 aliphatic carbocycles. The van der Waals surface area contributed by atoms with E-state index in [4.69, 9.17) is 4.42 Å². The second-order valence-electron chi connectivity index (χ2n) is 5.56. The lowest BCUT2D eigenvalue weighted by atomic mass is 9.77. The van der Waals surface area contributed by atoms with Crippen LogP contribution in [0.3, 0.4) is 0 Å². The van der Waals surface area contributed by atoms with Crippen molar-refractivity contribution < 1.29 is 14.3 Å². The van der Waals surface area contributed by atoms with Crippen molar-refractivity contribution in [3.05, 3.63) is 35.1 Å². The minimum absolute atomic E-state index is 0.698. The van der Waals surface area contributed by atoms with Gasteiger partial charge in [-0.2, -0.15) is 0 Å². The normalized spacial score (nSPS) is 18.0. The van der Waals surface area contributed by atoms with Crippen molar-refractivity contribution in [1.82, 2.24) is 0 Å². The maximum atomic E-state index is 11.9. The highest BCUT2D eigenvalue weighted by atomic mass is 16.4. The van der Waals surface area contributed by atoms with E-state index in [0.717, 1.165) is 53.5 Å². The number of carboxylic acids is 1. The molecule has 0 aliphatic heterocycles. The molecule has 1 N–H and O–H groups in total. The van der Waals surface area contributed by atoms with Crippen molar-refractivity contribution in [2.24, 2.45) is 0 Å². The van der Waals surface area contributed by atoms with E-state index >= 15 is 0 Å². The highest BCUT2D eigenvalue weighted by molar-refractivity contribution is 5.93. The first-order valence-corrected chi connectivity index (χ1v) is 6.79. The summed E-state index contributed by atoms with van der Waals surface area (Å²) in [5.74, 6) is 0.178. The van der Waals surface area contributed by atoms with Gasteiger partial charge in [-0.1, -0.05) is 25.0 Å². The maximum absolute atomic E-state index is 11.9. The number of carboxylic acid groups (broad SMARTS) is 1. The second kappa shape index (κ2) is 4.12. The van der Waals surface area contributed by atoms with E-state index in [2.05, 4.69) is 0 Å². The van der Waals surface area contributed by atoms with Crippen molar-refractivity contribution in [2.75, 3.05) is 0 Å². The molecule has 1 heterocycles. The summed E-state index contributed by atoms with van der Waals surface area (Å²) in [6.07, 6.45) is 3.42. The lowest BCUT2D eigenvalue weighted by molar-refractivity contribution is -0.143. The van der Waals surface area contributed by atoms with Crippen LogP contribution in [0.25, 0.3) is 11.0 Å². The monoisotopic (exact) mass is 258 g/mol. The zero-order valence-electron chi connectivity index (χ0n) is 11.3. The van der Waals surface area contributed by atoms with E-state index < -0.39 is 11.4 Å². The summed E-state index contributed by atoms with van der Waals surface area (Å²) in [6, 6.07) is 5.79. The Labute approximate surface area is 112 Å². The van der Waals surface area contributed by atoms with Gasteiger partial charge in [0.2, 0.25) is 0 Å². The number of aliphatic carboxylic acids is 1. The van der Waals surface area contributed by atoms with Crippen LogP contribution < -0.4 is 0 Å². The van der Waals surface area contributed by atoms with Gasteiger partial charge >= 0.3 is 5.97 Å². The van der Waals surface area contributed by atoms with E-state index in [1.54, 1.807) is 0 Å². The molecule has 100 valence electrons. The first-order chi connectivity index (χ1) is 9.06. The standard InChI is InChI=1S/C16H18O3/c1-10-11(2)19-13-7-5-6-12(14(10)13)16(15(17)18)8-3-4-9-16/h5-7H,3-4,8-9H2,1-2H3,(H,17,18). The van der Waals surface area contributed by atoms with Crippen LogP contribution in [-0.2, 0) is 10.2 Å². The van der Waals surface area contributed by atoms with Gasteiger partial charge in [-0.15, -0.1) is 0 Å². The Morgan fingerprint density at radius 3 is 2.58 bits per heavy atom. The van der Waals surface area contributed by atoms with E-state index in [-0.39, 0.29) is 0 Å². The van der Waals surface area contributed by atoms with Crippen molar-refractivity contribution in [1.29, 1.82) is 0 Å². The molecule has 3 rings (SSSR count). The third-order valence-corrected chi connectivity index (χ3v) is 4.57. The Balaban J connectivity index is 2.33. The molecule has 1 fully saturated rings. The van der Waals surface area contributed by atoms with Crippen LogP contribution in [0.15, 0.2) is 22.6 Å². The Bertz CT molecular complexity index is 645. The number of aryl methyl sites for hydroxylation is 2. The molecule has 1 aliphatic rings. The molecule has 1 aromatic heterocycles. The van der Waals surface area contributed by atoms with Gasteiger partial charge in [-0.25, -0.2) is 0 Å². The number of fused-ring (bicyclic) bond motifs is 1. The van der Waals surface area contributed by atoms with Crippen LogP contribution >= 0.6 is 0 Å². The molecule has 0 bridgehead atoms. The number of furan rings is 1. The summed E-state index contributed by atoms with van der Waals surface area (Å²) in [6.45, 7) is 3.94. The SMILES string of the molecule is Cc1oc2cccc(C3(C(=O)O)CCCC3)c2c1C. The van der Waals surface area contributed by atoms with Crippen LogP contribution in [-0.4, -0.2) is 11.1 Å². The summed E-state index contributed by atoms with van der Waals surface area (Å²) >= 11 is 0. The fourth-order valence-corrected chi connectivity index (χ4v) is 3.40. The molecule has 0 radical (unpaired) electrons. The van der Waals surface area contributed by atoms with E-state index in [1.165, 1.54) is 0 Å². The van der Waals surface area contributed by atoms with Gasteiger partial charge < -0.3 is 9.52 Å². The van der Waals surface area contributed by atoms with Crippen molar-refractivity contribution in [2.45, 2.75) is 44.9 Å². The zero-order valence-corrected chi connectivity index (χ0v) is 11.3. The van der Waals surface area contributed by atoms with Crippen molar-refractivity contribution >= 4 is 16.9 Å². The van der Waals surface area contributed by atoms with Gasteiger partial charge in [-0.3, -0.25) is 4.79 Å². The summed E-state index contributed by atoms with van der Waals surface area (Å²) < 4.78 is 5.73. The predicted molar refractivity (Wildman–Crippen MR) is 73.5 cm³/mol. The number of benzene rings is 1. The second-order valence-corrected chi connectivity index (χ2v) is 5.56. The van der Waals surface area contributed by atoms with Crippen LogP contribution in [0.5, 0.6) is 0 Å². The Morgan fingerprint density at radius 1 is 1.26 bits per heavy atom. The highest BCUT2D eigenvalue weighted by Crippen LogP contribution is 2.45. The lowest BCUT2D eigenvalue weighted by Crippen LogP contribution is -2.32. The average Bonchev–Trinajstić information content (AvgIpc) is 2.97. The molecule has 3 heteroatoms. The summed E-state index contributed by atoms with van der Waals surface area (Å²) in [5.41, 5.74) is 2.09. The van der Waals surface area contributed by atoms with Gasteiger partial charge in [0.15, 0.2) is 0 Å². The van der Waals surface area contributed by atoms with Crippen LogP contribution in [0.2, 0.25) is 0 Å². The molecule has 1 aromatic carbocycles. The Hall–Kier alpha value is -1.77. The molecular weight excluding hydrogens is 240 g/mol. The molecule has 2 aromatic rings. The fourth-order valence-electron chi connectivity index (χ4n) is 3.40. The quantitative estimate of drug-likeness (QED) is 0.887. The van der Waals surface area contributed by atoms with Gasteiger partial charge in [0, 0.05) is 5.39 Å².